The number of carbonyl (C=O) groups is 3. The average Bonchev–Trinajstić information content (AvgIpc) is 2.65. The van der Waals surface area contributed by atoms with E-state index in [-0.39, 0.29) is 18.4 Å². The lowest BCUT2D eigenvalue weighted by Gasteiger charge is -2.12. The van der Waals surface area contributed by atoms with E-state index in [1.165, 1.54) is 6.92 Å². The minimum absolute atomic E-state index is 0.225. The highest BCUT2D eigenvalue weighted by molar-refractivity contribution is 5.94. The first kappa shape index (κ1) is 20.0. The summed E-state index contributed by atoms with van der Waals surface area (Å²) in [5, 5.41) is 5.32. The summed E-state index contributed by atoms with van der Waals surface area (Å²) in [6, 6.07) is 13.2. The van der Waals surface area contributed by atoms with Gasteiger partial charge in [-0.3, -0.25) is 9.59 Å². The molecule has 0 bridgehead atoms. The highest BCUT2D eigenvalue weighted by Gasteiger charge is 2.10. The van der Waals surface area contributed by atoms with Gasteiger partial charge in [0.05, 0.1) is 17.9 Å². The van der Waals surface area contributed by atoms with Gasteiger partial charge < -0.3 is 20.1 Å². The minimum Gasteiger partial charge on any atom is -0.482 e. The molecule has 2 rings (SSSR count). The van der Waals surface area contributed by atoms with Crippen molar-refractivity contribution in [2.45, 2.75) is 20.3 Å². The lowest BCUT2D eigenvalue weighted by atomic mass is 10.2. The van der Waals surface area contributed by atoms with Crippen molar-refractivity contribution in [1.29, 1.82) is 0 Å². The molecule has 0 spiro atoms. The molecule has 27 heavy (non-hydrogen) atoms. The Bertz CT molecular complexity index is 802. The predicted molar refractivity (Wildman–Crippen MR) is 102 cm³/mol. The summed E-state index contributed by atoms with van der Waals surface area (Å²) in [7, 11) is 0. The van der Waals surface area contributed by atoms with Crippen molar-refractivity contribution in [2.75, 3.05) is 23.8 Å². The number of benzene rings is 2. The first-order valence-electron chi connectivity index (χ1n) is 8.56. The molecule has 0 saturated heterocycles. The molecule has 0 saturated carbocycles. The van der Waals surface area contributed by atoms with Gasteiger partial charge in [0.1, 0.15) is 5.75 Å². The van der Waals surface area contributed by atoms with Gasteiger partial charge in [0, 0.05) is 12.6 Å². The molecule has 0 unspecified atom stereocenters. The summed E-state index contributed by atoms with van der Waals surface area (Å²) in [4.78, 5) is 35.0. The first-order valence-corrected chi connectivity index (χ1v) is 8.56. The van der Waals surface area contributed by atoms with Crippen molar-refractivity contribution in [3.05, 3.63) is 54.1 Å². The van der Waals surface area contributed by atoms with Crippen LogP contribution in [-0.4, -0.2) is 31.0 Å². The van der Waals surface area contributed by atoms with Crippen molar-refractivity contribution >= 4 is 29.2 Å². The third-order valence-electron chi connectivity index (χ3n) is 3.40. The number of ether oxygens (including phenoxy) is 2. The Labute approximate surface area is 157 Å². The van der Waals surface area contributed by atoms with E-state index in [0.29, 0.717) is 29.3 Å². The molecule has 7 heteroatoms. The van der Waals surface area contributed by atoms with Gasteiger partial charge in [-0.25, -0.2) is 4.79 Å². The van der Waals surface area contributed by atoms with Crippen molar-refractivity contribution in [1.82, 2.24) is 0 Å². The number of nitrogens with one attached hydrogen (secondary N) is 2. The fraction of sp³-hybridized carbons (Fsp3) is 0.250. The van der Waals surface area contributed by atoms with Crippen LogP contribution < -0.4 is 15.4 Å². The van der Waals surface area contributed by atoms with Crippen molar-refractivity contribution in [3.63, 3.8) is 0 Å². The Hall–Kier alpha value is -3.35. The maximum Gasteiger partial charge on any atom is 0.338 e. The lowest BCUT2D eigenvalue weighted by molar-refractivity contribution is -0.118. The molecule has 2 N–H and O–H groups in total. The molecule has 0 radical (unpaired) electrons. The van der Waals surface area contributed by atoms with Crippen molar-refractivity contribution in [3.8, 4) is 5.75 Å². The van der Waals surface area contributed by atoms with Gasteiger partial charge in [-0.05, 0) is 42.8 Å². The van der Waals surface area contributed by atoms with E-state index in [1.54, 1.807) is 48.5 Å². The van der Waals surface area contributed by atoms with Gasteiger partial charge in [-0.1, -0.05) is 19.1 Å². The number of hydrogen-bond donors (Lipinski definition) is 2. The second kappa shape index (κ2) is 9.96. The SMILES string of the molecule is CCCOC(=O)c1ccc(NC(=O)COc2ccccc2NC(C)=O)cc1. The van der Waals surface area contributed by atoms with Gasteiger partial charge in [-0.2, -0.15) is 0 Å². The maximum absolute atomic E-state index is 12.1. The van der Waals surface area contributed by atoms with E-state index in [0.717, 1.165) is 6.42 Å². The molecule has 0 heterocycles. The molecule has 0 aliphatic rings. The molecule has 2 amide bonds. The zero-order chi connectivity index (χ0) is 19.6. The number of esters is 1. The number of para-hydroxylation sites is 2. The number of amides is 2. The average molecular weight is 370 g/mol. The smallest absolute Gasteiger partial charge is 0.338 e. The molecule has 0 atom stereocenters. The third kappa shape index (κ3) is 6.47. The number of anilines is 2. The van der Waals surface area contributed by atoms with Crippen LogP contribution in [0.1, 0.15) is 30.6 Å². The van der Waals surface area contributed by atoms with Gasteiger partial charge in [0.15, 0.2) is 6.61 Å². The summed E-state index contributed by atoms with van der Waals surface area (Å²) < 4.78 is 10.5. The Morgan fingerprint density at radius 3 is 2.33 bits per heavy atom. The quantitative estimate of drug-likeness (QED) is 0.696. The molecular formula is C20H22N2O5. The first-order chi connectivity index (χ1) is 13.0. The predicted octanol–water partition coefficient (Wildman–Crippen LogP) is 3.23. The third-order valence-corrected chi connectivity index (χ3v) is 3.40. The number of hydrogen-bond acceptors (Lipinski definition) is 5. The largest absolute Gasteiger partial charge is 0.482 e. The van der Waals surface area contributed by atoms with Gasteiger partial charge >= 0.3 is 5.97 Å². The molecule has 0 aliphatic carbocycles. The number of rotatable bonds is 8. The summed E-state index contributed by atoms with van der Waals surface area (Å²) >= 11 is 0. The Morgan fingerprint density at radius 1 is 0.963 bits per heavy atom. The highest BCUT2D eigenvalue weighted by Crippen LogP contribution is 2.23. The van der Waals surface area contributed by atoms with Crippen molar-refractivity contribution < 1.29 is 23.9 Å². The molecule has 2 aromatic carbocycles. The summed E-state index contributed by atoms with van der Waals surface area (Å²) in [5.41, 5.74) is 1.44. The summed E-state index contributed by atoms with van der Waals surface area (Å²) in [6.45, 7) is 3.46. The van der Waals surface area contributed by atoms with Crippen LogP contribution >= 0.6 is 0 Å². The van der Waals surface area contributed by atoms with Crippen LogP contribution in [0.5, 0.6) is 5.75 Å². The van der Waals surface area contributed by atoms with Crippen LogP contribution in [0.15, 0.2) is 48.5 Å². The molecule has 7 nitrogen and oxygen atoms in total. The second-order valence-corrected chi connectivity index (χ2v) is 5.73. The van der Waals surface area contributed by atoms with E-state index in [1.807, 2.05) is 6.92 Å². The standard InChI is InChI=1S/C20H22N2O5/c1-3-12-26-20(25)15-8-10-16(11-9-15)22-19(24)13-27-18-7-5-4-6-17(18)21-14(2)23/h4-11H,3,12-13H2,1-2H3,(H,21,23)(H,22,24). The van der Waals surface area contributed by atoms with Crippen LogP contribution in [-0.2, 0) is 14.3 Å². The van der Waals surface area contributed by atoms with E-state index >= 15 is 0 Å². The van der Waals surface area contributed by atoms with Crippen LogP contribution in [0.3, 0.4) is 0 Å². The summed E-state index contributed by atoms with van der Waals surface area (Å²) in [5.74, 6) is -0.591. The fourth-order valence-electron chi connectivity index (χ4n) is 2.19. The topological polar surface area (TPSA) is 93.7 Å². The lowest BCUT2D eigenvalue weighted by Crippen LogP contribution is -2.20. The van der Waals surface area contributed by atoms with Gasteiger partial charge in [0.2, 0.25) is 5.91 Å². The Balaban J connectivity index is 1.89. The van der Waals surface area contributed by atoms with Crippen LogP contribution in [0.4, 0.5) is 11.4 Å². The van der Waals surface area contributed by atoms with Crippen molar-refractivity contribution in [2.24, 2.45) is 0 Å². The molecule has 2 aromatic rings. The molecule has 0 aromatic heterocycles. The zero-order valence-electron chi connectivity index (χ0n) is 15.3. The maximum atomic E-state index is 12.1. The van der Waals surface area contributed by atoms with Crippen LogP contribution in [0, 0.1) is 0 Å². The van der Waals surface area contributed by atoms with Crippen LogP contribution in [0.25, 0.3) is 0 Å². The highest BCUT2D eigenvalue weighted by atomic mass is 16.5. The number of carbonyl (C=O) groups excluding carboxylic acids is 3. The monoisotopic (exact) mass is 370 g/mol. The second-order valence-electron chi connectivity index (χ2n) is 5.73. The molecule has 0 aliphatic heterocycles. The minimum atomic E-state index is -0.396. The molecule has 0 fully saturated rings. The van der Waals surface area contributed by atoms with E-state index in [9.17, 15) is 14.4 Å². The van der Waals surface area contributed by atoms with Gasteiger partial charge in [-0.15, -0.1) is 0 Å². The van der Waals surface area contributed by atoms with E-state index in [2.05, 4.69) is 10.6 Å². The van der Waals surface area contributed by atoms with E-state index in [4.69, 9.17) is 9.47 Å². The Morgan fingerprint density at radius 2 is 1.67 bits per heavy atom. The molecular weight excluding hydrogens is 348 g/mol. The zero-order valence-corrected chi connectivity index (χ0v) is 15.3. The fourth-order valence-corrected chi connectivity index (χ4v) is 2.19. The molecule has 142 valence electrons. The normalized spacial score (nSPS) is 10.0. The van der Waals surface area contributed by atoms with Gasteiger partial charge in [0.25, 0.3) is 5.91 Å². The summed E-state index contributed by atoms with van der Waals surface area (Å²) in [6.07, 6.45) is 0.755. The van der Waals surface area contributed by atoms with Crippen LogP contribution in [0.2, 0.25) is 0 Å². The van der Waals surface area contributed by atoms with E-state index < -0.39 is 5.97 Å². The Kier molecular flexibility index (Phi) is 7.37.